The van der Waals surface area contributed by atoms with Crippen molar-refractivity contribution in [3.63, 3.8) is 0 Å². The smallest absolute Gasteiger partial charge is 0.201 e. The summed E-state index contributed by atoms with van der Waals surface area (Å²) in [6.45, 7) is 0. The lowest BCUT2D eigenvalue weighted by molar-refractivity contribution is 1.33. The maximum absolute atomic E-state index is 8.70. The van der Waals surface area contributed by atoms with Crippen LogP contribution in [0.4, 0.5) is 5.69 Å². The molecular formula is C13H11N5S. The lowest BCUT2D eigenvalue weighted by Crippen LogP contribution is -2.21. The molecule has 0 aliphatic heterocycles. The van der Waals surface area contributed by atoms with Gasteiger partial charge < -0.3 is 5.73 Å². The van der Waals surface area contributed by atoms with Gasteiger partial charge in [0.15, 0.2) is 5.84 Å². The van der Waals surface area contributed by atoms with Crippen LogP contribution in [0, 0.1) is 16.7 Å². The second-order valence-corrected chi connectivity index (χ2v) is 4.47. The second kappa shape index (κ2) is 5.80. The van der Waals surface area contributed by atoms with Crippen LogP contribution >= 0.6 is 11.3 Å². The minimum absolute atomic E-state index is 0.137. The summed E-state index contributed by atoms with van der Waals surface area (Å²) in [4.78, 5) is 0. The van der Waals surface area contributed by atoms with Gasteiger partial charge in [-0.1, -0.05) is 12.1 Å². The first kappa shape index (κ1) is 12.8. The number of nitriles is 1. The Hall–Kier alpha value is -2.65. The van der Waals surface area contributed by atoms with Gasteiger partial charge in [-0.05, 0) is 40.1 Å². The van der Waals surface area contributed by atoms with Gasteiger partial charge in [-0.2, -0.15) is 21.7 Å². The average Bonchev–Trinajstić information content (AvgIpc) is 2.94. The van der Waals surface area contributed by atoms with Crippen molar-refractivity contribution < 1.29 is 0 Å². The largest absolute Gasteiger partial charge is 0.382 e. The Morgan fingerprint density at radius 2 is 2.00 bits per heavy atom. The maximum Gasteiger partial charge on any atom is 0.201 e. The number of thiophene rings is 1. The number of anilines is 1. The third kappa shape index (κ3) is 3.18. The van der Waals surface area contributed by atoms with E-state index in [4.69, 9.17) is 16.4 Å². The number of hydrazone groups is 1. The Labute approximate surface area is 114 Å². The summed E-state index contributed by atoms with van der Waals surface area (Å²) in [5.41, 5.74) is 10.8. The van der Waals surface area contributed by atoms with Crippen molar-refractivity contribution in [3.8, 4) is 17.2 Å². The van der Waals surface area contributed by atoms with Crippen molar-refractivity contribution in [2.24, 2.45) is 10.8 Å². The molecule has 0 bridgehead atoms. The van der Waals surface area contributed by atoms with Gasteiger partial charge in [0, 0.05) is 0 Å². The van der Waals surface area contributed by atoms with Gasteiger partial charge in [0.05, 0.1) is 5.69 Å². The molecule has 0 radical (unpaired) electrons. The van der Waals surface area contributed by atoms with Crippen LogP contribution in [-0.4, -0.2) is 11.5 Å². The number of nitrogens with zero attached hydrogens (tertiary/aromatic N) is 2. The lowest BCUT2D eigenvalue weighted by atomic mass is 10.1. The zero-order valence-corrected chi connectivity index (χ0v) is 10.7. The molecule has 6 heteroatoms. The molecule has 2 rings (SSSR count). The number of benzene rings is 1. The third-order valence-electron chi connectivity index (χ3n) is 2.40. The van der Waals surface area contributed by atoms with Crippen molar-refractivity contribution in [1.82, 2.24) is 0 Å². The highest BCUT2D eigenvalue weighted by atomic mass is 32.1. The summed E-state index contributed by atoms with van der Waals surface area (Å²) < 4.78 is 0. The quantitative estimate of drug-likeness (QED) is 0.452. The molecule has 5 nitrogen and oxygen atoms in total. The summed E-state index contributed by atoms with van der Waals surface area (Å²) in [5, 5.41) is 23.7. The fraction of sp³-hybridized carbons (Fsp3) is 0. The van der Waals surface area contributed by atoms with E-state index in [2.05, 4.69) is 22.0 Å². The fourth-order valence-corrected chi connectivity index (χ4v) is 2.10. The van der Waals surface area contributed by atoms with E-state index in [0.717, 1.165) is 11.3 Å². The predicted octanol–water partition coefficient (Wildman–Crippen LogP) is 2.64. The Bertz CT molecular complexity index is 635. The maximum atomic E-state index is 8.70. The molecule has 0 fully saturated rings. The molecular weight excluding hydrogens is 258 g/mol. The van der Waals surface area contributed by atoms with E-state index >= 15 is 0 Å². The van der Waals surface area contributed by atoms with Gasteiger partial charge in [0.2, 0.25) is 5.71 Å². The van der Waals surface area contributed by atoms with Crippen molar-refractivity contribution in [3.05, 3.63) is 41.1 Å². The zero-order valence-electron chi connectivity index (χ0n) is 9.92. The van der Waals surface area contributed by atoms with Crippen LogP contribution in [0.2, 0.25) is 0 Å². The Morgan fingerprint density at radius 1 is 1.26 bits per heavy atom. The van der Waals surface area contributed by atoms with Gasteiger partial charge in [-0.25, -0.2) is 0 Å². The average molecular weight is 269 g/mol. The molecule has 0 saturated heterocycles. The van der Waals surface area contributed by atoms with Gasteiger partial charge in [0.25, 0.3) is 0 Å². The highest BCUT2D eigenvalue weighted by Crippen LogP contribution is 2.23. The molecule has 1 aromatic heterocycles. The first-order valence-electron chi connectivity index (χ1n) is 5.41. The minimum atomic E-state index is -0.357. The molecule has 0 saturated carbocycles. The summed E-state index contributed by atoms with van der Waals surface area (Å²) in [5.74, 6) is -0.357. The molecule has 0 atom stereocenters. The van der Waals surface area contributed by atoms with Crippen LogP contribution in [0.25, 0.3) is 11.1 Å². The molecule has 0 aliphatic rings. The Kier molecular flexibility index (Phi) is 3.90. The second-order valence-electron chi connectivity index (χ2n) is 3.69. The van der Waals surface area contributed by atoms with E-state index in [1.54, 1.807) is 17.4 Å². The predicted molar refractivity (Wildman–Crippen MR) is 78.3 cm³/mol. The number of nitrogens with two attached hydrogens (primary N) is 1. The van der Waals surface area contributed by atoms with Crippen LogP contribution in [0.15, 0.2) is 46.2 Å². The Morgan fingerprint density at radius 3 is 2.53 bits per heavy atom. The van der Waals surface area contributed by atoms with E-state index in [1.807, 2.05) is 29.6 Å². The number of amidine groups is 1. The molecule has 94 valence electrons. The third-order valence-corrected chi connectivity index (χ3v) is 3.08. The van der Waals surface area contributed by atoms with Crippen LogP contribution in [-0.2, 0) is 0 Å². The normalized spacial score (nSPS) is 10.8. The topological polar surface area (TPSA) is 98.0 Å². The first-order valence-corrected chi connectivity index (χ1v) is 6.36. The number of rotatable bonds is 4. The summed E-state index contributed by atoms with van der Waals surface area (Å²) in [6.07, 6.45) is 0. The van der Waals surface area contributed by atoms with E-state index in [1.165, 1.54) is 5.56 Å². The van der Waals surface area contributed by atoms with Crippen molar-refractivity contribution in [1.29, 1.82) is 10.7 Å². The molecule has 0 amide bonds. The molecule has 1 heterocycles. The Balaban J connectivity index is 2.12. The SMILES string of the molecule is N#C/C(=N\Nc1ccc(-c2ccsc2)cc1)C(=N)N. The van der Waals surface area contributed by atoms with Crippen molar-refractivity contribution in [2.45, 2.75) is 0 Å². The van der Waals surface area contributed by atoms with Gasteiger partial charge in [-0.3, -0.25) is 10.8 Å². The highest BCUT2D eigenvalue weighted by molar-refractivity contribution is 7.08. The van der Waals surface area contributed by atoms with Gasteiger partial charge in [0.1, 0.15) is 6.07 Å². The van der Waals surface area contributed by atoms with Gasteiger partial charge >= 0.3 is 0 Å². The molecule has 0 spiro atoms. The van der Waals surface area contributed by atoms with Gasteiger partial charge in [-0.15, -0.1) is 0 Å². The van der Waals surface area contributed by atoms with Crippen LogP contribution in [0.1, 0.15) is 0 Å². The monoisotopic (exact) mass is 269 g/mol. The molecule has 4 N–H and O–H groups in total. The summed E-state index contributed by atoms with van der Waals surface area (Å²) in [6, 6.07) is 11.4. The molecule has 0 unspecified atom stereocenters. The number of hydrogen-bond donors (Lipinski definition) is 3. The zero-order chi connectivity index (χ0) is 13.7. The minimum Gasteiger partial charge on any atom is -0.382 e. The standard InChI is InChI=1S/C13H11N5S/c14-7-12(13(15)16)18-17-11-3-1-9(2-4-11)10-5-6-19-8-10/h1-6,8,17H,(H3,15,16)/b18-12+. The number of nitrogens with one attached hydrogen (secondary N) is 2. The molecule has 2 aromatic rings. The van der Waals surface area contributed by atoms with Crippen molar-refractivity contribution in [2.75, 3.05) is 5.43 Å². The lowest BCUT2D eigenvalue weighted by Gasteiger charge is -2.03. The molecule has 0 aliphatic carbocycles. The van der Waals surface area contributed by atoms with Crippen LogP contribution in [0.3, 0.4) is 0 Å². The summed E-state index contributed by atoms with van der Waals surface area (Å²) >= 11 is 1.65. The fourth-order valence-electron chi connectivity index (χ4n) is 1.43. The van der Waals surface area contributed by atoms with Crippen molar-refractivity contribution >= 4 is 28.6 Å². The van der Waals surface area contributed by atoms with E-state index in [9.17, 15) is 0 Å². The first-order chi connectivity index (χ1) is 9.20. The van der Waals surface area contributed by atoms with E-state index in [-0.39, 0.29) is 11.5 Å². The van der Waals surface area contributed by atoms with E-state index < -0.39 is 0 Å². The summed E-state index contributed by atoms with van der Waals surface area (Å²) in [7, 11) is 0. The molecule has 1 aromatic carbocycles. The number of hydrogen-bond acceptors (Lipinski definition) is 5. The van der Waals surface area contributed by atoms with E-state index in [0.29, 0.717) is 0 Å². The molecule has 19 heavy (non-hydrogen) atoms. The highest BCUT2D eigenvalue weighted by Gasteiger charge is 2.01. The van der Waals surface area contributed by atoms with Crippen LogP contribution < -0.4 is 11.2 Å². The van der Waals surface area contributed by atoms with Crippen LogP contribution in [0.5, 0.6) is 0 Å².